The molecule has 0 radical (unpaired) electrons. The lowest BCUT2D eigenvalue weighted by molar-refractivity contribution is 0.0951. The maximum Gasteiger partial charge on any atom is 0.253 e. The van der Waals surface area contributed by atoms with Crippen LogP contribution in [-0.2, 0) is 6.54 Å². The molecule has 0 heterocycles. The van der Waals surface area contributed by atoms with Gasteiger partial charge in [-0.05, 0) is 29.8 Å². The SMILES string of the molecule is Nc1ccc(Br)cc1C(=O)NCc1ccccc1Br. The Bertz CT molecular complexity index is 614. The Morgan fingerprint density at radius 2 is 1.89 bits per heavy atom. The number of anilines is 1. The van der Waals surface area contributed by atoms with Crippen molar-refractivity contribution < 1.29 is 4.79 Å². The van der Waals surface area contributed by atoms with E-state index in [0.29, 0.717) is 17.8 Å². The third-order valence-corrected chi connectivity index (χ3v) is 3.92. The lowest BCUT2D eigenvalue weighted by Crippen LogP contribution is -2.24. The Labute approximate surface area is 128 Å². The first kappa shape index (κ1) is 14.1. The van der Waals surface area contributed by atoms with Crippen LogP contribution < -0.4 is 11.1 Å². The van der Waals surface area contributed by atoms with Crippen LogP contribution in [0.15, 0.2) is 51.4 Å². The topological polar surface area (TPSA) is 55.1 Å². The van der Waals surface area contributed by atoms with E-state index in [9.17, 15) is 4.79 Å². The van der Waals surface area contributed by atoms with E-state index in [0.717, 1.165) is 14.5 Å². The highest BCUT2D eigenvalue weighted by Gasteiger charge is 2.10. The third-order valence-electron chi connectivity index (χ3n) is 2.66. The van der Waals surface area contributed by atoms with Gasteiger partial charge in [0.2, 0.25) is 0 Å². The molecule has 0 aromatic heterocycles. The molecule has 3 N–H and O–H groups in total. The predicted octanol–water partition coefficient (Wildman–Crippen LogP) is 3.72. The summed E-state index contributed by atoms with van der Waals surface area (Å²) in [5, 5.41) is 2.85. The maximum atomic E-state index is 12.1. The molecule has 0 unspecified atom stereocenters. The molecule has 0 aliphatic rings. The van der Waals surface area contributed by atoms with Gasteiger partial charge in [0.1, 0.15) is 0 Å². The Morgan fingerprint density at radius 3 is 2.63 bits per heavy atom. The van der Waals surface area contributed by atoms with Crippen LogP contribution in [0, 0.1) is 0 Å². The molecule has 2 aromatic rings. The van der Waals surface area contributed by atoms with Crippen LogP contribution in [-0.4, -0.2) is 5.91 Å². The van der Waals surface area contributed by atoms with Crippen molar-refractivity contribution >= 4 is 43.5 Å². The predicted molar refractivity (Wildman–Crippen MR) is 83.9 cm³/mol. The number of halogens is 2. The zero-order valence-electron chi connectivity index (χ0n) is 9.99. The smallest absolute Gasteiger partial charge is 0.253 e. The molecule has 2 rings (SSSR count). The second-order valence-corrected chi connectivity index (χ2v) is 5.78. The molecule has 3 nitrogen and oxygen atoms in total. The number of carbonyl (C=O) groups excluding carboxylic acids is 1. The fourth-order valence-corrected chi connectivity index (χ4v) is 2.42. The average molecular weight is 384 g/mol. The van der Waals surface area contributed by atoms with Gasteiger partial charge in [-0.3, -0.25) is 4.79 Å². The second kappa shape index (κ2) is 6.21. The average Bonchev–Trinajstić information content (AvgIpc) is 2.40. The van der Waals surface area contributed by atoms with Crippen molar-refractivity contribution in [3.05, 3.63) is 62.5 Å². The molecular weight excluding hydrogens is 372 g/mol. The molecule has 0 spiro atoms. The maximum absolute atomic E-state index is 12.1. The molecule has 0 aliphatic carbocycles. The van der Waals surface area contributed by atoms with Crippen molar-refractivity contribution in [3.63, 3.8) is 0 Å². The van der Waals surface area contributed by atoms with Gasteiger partial charge in [-0.1, -0.05) is 50.1 Å². The Hall–Kier alpha value is -1.33. The number of benzene rings is 2. The van der Waals surface area contributed by atoms with Gasteiger partial charge >= 0.3 is 0 Å². The molecule has 5 heteroatoms. The van der Waals surface area contributed by atoms with Gasteiger partial charge in [-0.15, -0.1) is 0 Å². The van der Waals surface area contributed by atoms with Crippen molar-refractivity contribution in [2.45, 2.75) is 6.54 Å². The van der Waals surface area contributed by atoms with E-state index in [1.165, 1.54) is 0 Å². The van der Waals surface area contributed by atoms with Gasteiger partial charge in [0.15, 0.2) is 0 Å². The number of hydrogen-bond donors (Lipinski definition) is 2. The van der Waals surface area contributed by atoms with E-state index in [-0.39, 0.29) is 5.91 Å². The number of nitrogens with one attached hydrogen (secondary N) is 1. The van der Waals surface area contributed by atoms with Gasteiger partial charge < -0.3 is 11.1 Å². The molecule has 98 valence electrons. The number of rotatable bonds is 3. The first-order valence-electron chi connectivity index (χ1n) is 5.64. The Kier molecular flexibility index (Phi) is 4.61. The molecule has 0 aliphatic heterocycles. The quantitative estimate of drug-likeness (QED) is 0.793. The summed E-state index contributed by atoms with van der Waals surface area (Å²) >= 11 is 6.77. The number of amides is 1. The molecule has 0 atom stereocenters. The summed E-state index contributed by atoms with van der Waals surface area (Å²) in [5.41, 5.74) is 7.76. The summed E-state index contributed by atoms with van der Waals surface area (Å²) in [5.74, 6) is -0.186. The summed E-state index contributed by atoms with van der Waals surface area (Å²) < 4.78 is 1.80. The highest BCUT2D eigenvalue weighted by molar-refractivity contribution is 9.10. The van der Waals surface area contributed by atoms with Gasteiger partial charge in [0.25, 0.3) is 5.91 Å². The molecule has 19 heavy (non-hydrogen) atoms. The van der Waals surface area contributed by atoms with Crippen LogP contribution in [0.3, 0.4) is 0 Å². The van der Waals surface area contributed by atoms with Crippen molar-refractivity contribution in [2.75, 3.05) is 5.73 Å². The standard InChI is InChI=1S/C14H12Br2N2O/c15-10-5-6-13(17)11(7-10)14(19)18-8-9-3-1-2-4-12(9)16/h1-7H,8,17H2,(H,18,19). The monoisotopic (exact) mass is 382 g/mol. The summed E-state index contributed by atoms with van der Waals surface area (Å²) in [7, 11) is 0. The van der Waals surface area contributed by atoms with Crippen LogP contribution in [0.25, 0.3) is 0 Å². The Balaban J connectivity index is 2.10. The second-order valence-electron chi connectivity index (χ2n) is 4.01. The number of carbonyl (C=O) groups is 1. The van der Waals surface area contributed by atoms with Crippen LogP contribution in [0.2, 0.25) is 0 Å². The number of nitrogen functional groups attached to an aromatic ring is 1. The zero-order chi connectivity index (χ0) is 13.8. The first-order valence-corrected chi connectivity index (χ1v) is 7.23. The largest absolute Gasteiger partial charge is 0.398 e. The van der Waals surface area contributed by atoms with Crippen molar-refractivity contribution in [3.8, 4) is 0 Å². The zero-order valence-corrected chi connectivity index (χ0v) is 13.2. The van der Waals surface area contributed by atoms with Crippen LogP contribution in [0.1, 0.15) is 15.9 Å². The van der Waals surface area contributed by atoms with Crippen molar-refractivity contribution in [1.82, 2.24) is 5.32 Å². The number of nitrogens with two attached hydrogens (primary N) is 1. The highest BCUT2D eigenvalue weighted by Crippen LogP contribution is 2.19. The molecule has 0 bridgehead atoms. The van der Waals surface area contributed by atoms with E-state index in [2.05, 4.69) is 37.2 Å². The fraction of sp³-hybridized carbons (Fsp3) is 0.0714. The minimum atomic E-state index is -0.186. The fourth-order valence-electron chi connectivity index (χ4n) is 1.64. The normalized spacial score (nSPS) is 10.2. The van der Waals surface area contributed by atoms with Gasteiger partial charge in [-0.2, -0.15) is 0 Å². The summed E-state index contributed by atoms with van der Waals surface area (Å²) in [4.78, 5) is 12.1. The summed E-state index contributed by atoms with van der Waals surface area (Å²) in [6, 6.07) is 13.0. The van der Waals surface area contributed by atoms with Crippen LogP contribution >= 0.6 is 31.9 Å². The third kappa shape index (κ3) is 3.58. The molecular formula is C14H12Br2N2O. The minimum Gasteiger partial charge on any atom is -0.398 e. The minimum absolute atomic E-state index is 0.186. The van der Waals surface area contributed by atoms with E-state index < -0.39 is 0 Å². The van der Waals surface area contributed by atoms with Gasteiger partial charge in [0.05, 0.1) is 5.56 Å². The lowest BCUT2D eigenvalue weighted by Gasteiger charge is -2.09. The van der Waals surface area contributed by atoms with E-state index in [4.69, 9.17) is 5.73 Å². The van der Waals surface area contributed by atoms with Crippen LogP contribution in [0.5, 0.6) is 0 Å². The first-order chi connectivity index (χ1) is 9.08. The molecule has 1 amide bonds. The van der Waals surface area contributed by atoms with Crippen molar-refractivity contribution in [2.24, 2.45) is 0 Å². The lowest BCUT2D eigenvalue weighted by atomic mass is 10.1. The molecule has 0 saturated heterocycles. The Morgan fingerprint density at radius 1 is 1.16 bits per heavy atom. The summed E-state index contributed by atoms with van der Waals surface area (Å²) in [6.07, 6.45) is 0. The van der Waals surface area contributed by atoms with E-state index >= 15 is 0 Å². The van der Waals surface area contributed by atoms with Crippen molar-refractivity contribution in [1.29, 1.82) is 0 Å². The van der Waals surface area contributed by atoms with E-state index in [1.807, 2.05) is 24.3 Å². The molecule has 0 fully saturated rings. The van der Waals surface area contributed by atoms with E-state index in [1.54, 1.807) is 18.2 Å². The molecule has 2 aromatic carbocycles. The van der Waals surface area contributed by atoms with Gasteiger partial charge in [0, 0.05) is 21.2 Å². The number of hydrogen-bond acceptors (Lipinski definition) is 2. The van der Waals surface area contributed by atoms with Crippen LogP contribution in [0.4, 0.5) is 5.69 Å². The summed E-state index contributed by atoms with van der Waals surface area (Å²) in [6.45, 7) is 0.451. The van der Waals surface area contributed by atoms with Gasteiger partial charge in [-0.25, -0.2) is 0 Å². The molecule has 0 saturated carbocycles. The highest BCUT2D eigenvalue weighted by atomic mass is 79.9.